The summed E-state index contributed by atoms with van der Waals surface area (Å²) in [5.41, 5.74) is 0.961. The first-order chi connectivity index (χ1) is 11.1. The molecule has 1 amide bonds. The van der Waals surface area contributed by atoms with Crippen LogP contribution >= 0.6 is 22.9 Å². The number of amides is 1. The molecule has 0 bridgehead atoms. The summed E-state index contributed by atoms with van der Waals surface area (Å²) in [5.74, 6) is -0.383. The van der Waals surface area contributed by atoms with Gasteiger partial charge in [-0.1, -0.05) is 29.8 Å². The van der Waals surface area contributed by atoms with Gasteiger partial charge in [-0.3, -0.25) is 9.59 Å². The van der Waals surface area contributed by atoms with E-state index in [1.54, 1.807) is 30.0 Å². The molecular formula is C17H18ClNO3S. The van der Waals surface area contributed by atoms with Crippen molar-refractivity contribution in [3.05, 3.63) is 57.2 Å². The lowest BCUT2D eigenvalue weighted by molar-refractivity contribution is -0.143. The van der Waals surface area contributed by atoms with Crippen LogP contribution in [0, 0.1) is 0 Å². The van der Waals surface area contributed by atoms with Crippen LogP contribution in [0.3, 0.4) is 0 Å². The van der Waals surface area contributed by atoms with Gasteiger partial charge in [-0.15, -0.1) is 11.3 Å². The highest BCUT2D eigenvalue weighted by Crippen LogP contribution is 2.16. The Labute approximate surface area is 144 Å². The molecule has 0 aliphatic carbocycles. The highest BCUT2D eigenvalue weighted by Gasteiger charge is 2.18. The largest absolute Gasteiger partial charge is 0.466 e. The molecule has 0 aliphatic heterocycles. The zero-order valence-corrected chi connectivity index (χ0v) is 14.4. The van der Waals surface area contributed by atoms with Crippen LogP contribution < -0.4 is 0 Å². The van der Waals surface area contributed by atoms with Crippen LogP contribution in [-0.4, -0.2) is 29.9 Å². The second-order valence-corrected chi connectivity index (χ2v) is 6.27. The highest BCUT2D eigenvalue weighted by molar-refractivity contribution is 7.12. The van der Waals surface area contributed by atoms with E-state index in [0.29, 0.717) is 29.6 Å². The number of hydrogen-bond acceptors (Lipinski definition) is 4. The minimum atomic E-state index is -0.299. The van der Waals surface area contributed by atoms with Gasteiger partial charge in [-0.2, -0.15) is 0 Å². The van der Waals surface area contributed by atoms with Crippen LogP contribution in [0.2, 0.25) is 5.02 Å². The number of rotatable bonds is 7. The molecule has 0 aliphatic rings. The Hall–Kier alpha value is -1.85. The van der Waals surface area contributed by atoms with Crippen molar-refractivity contribution in [3.63, 3.8) is 0 Å². The lowest BCUT2D eigenvalue weighted by Gasteiger charge is -2.22. The van der Waals surface area contributed by atoms with Crippen LogP contribution in [0.5, 0.6) is 0 Å². The molecule has 4 nitrogen and oxygen atoms in total. The van der Waals surface area contributed by atoms with Gasteiger partial charge in [0.05, 0.1) is 17.9 Å². The molecule has 0 fully saturated rings. The first-order valence-electron chi connectivity index (χ1n) is 7.33. The van der Waals surface area contributed by atoms with Gasteiger partial charge >= 0.3 is 5.97 Å². The van der Waals surface area contributed by atoms with Crippen LogP contribution in [0.15, 0.2) is 41.8 Å². The molecule has 1 heterocycles. The topological polar surface area (TPSA) is 46.6 Å². The Kier molecular flexibility index (Phi) is 6.62. The minimum absolute atomic E-state index is 0.0840. The summed E-state index contributed by atoms with van der Waals surface area (Å²) in [5, 5.41) is 2.51. The smallest absolute Gasteiger partial charge is 0.307 e. The fraction of sp³-hybridized carbons (Fsp3) is 0.294. The van der Waals surface area contributed by atoms with Gasteiger partial charge in [0.2, 0.25) is 0 Å². The normalized spacial score (nSPS) is 10.3. The lowest BCUT2D eigenvalue weighted by atomic mass is 10.2. The Morgan fingerprint density at radius 3 is 2.57 bits per heavy atom. The van der Waals surface area contributed by atoms with E-state index < -0.39 is 0 Å². The second kappa shape index (κ2) is 8.70. The minimum Gasteiger partial charge on any atom is -0.466 e. The molecular weight excluding hydrogens is 334 g/mol. The molecule has 0 unspecified atom stereocenters. The predicted octanol–water partition coefficient (Wildman–Crippen LogP) is 4.00. The van der Waals surface area contributed by atoms with E-state index in [-0.39, 0.29) is 18.3 Å². The molecule has 0 atom stereocenters. The van der Waals surface area contributed by atoms with E-state index in [0.717, 1.165) is 5.56 Å². The summed E-state index contributed by atoms with van der Waals surface area (Å²) >= 11 is 7.28. The van der Waals surface area contributed by atoms with Crippen LogP contribution in [-0.2, 0) is 16.1 Å². The molecule has 2 aromatic rings. The van der Waals surface area contributed by atoms with E-state index in [2.05, 4.69) is 0 Å². The Balaban J connectivity index is 2.08. The first kappa shape index (κ1) is 17.5. The summed E-state index contributed by atoms with van der Waals surface area (Å²) in [4.78, 5) is 26.5. The SMILES string of the molecule is CCOC(=O)CCN(Cc1ccc(Cl)cc1)C(=O)c1cccs1. The van der Waals surface area contributed by atoms with Crippen molar-refractivity contribution >= 4 is 34.8 Å². The zero-order valence-electron chi connectivity index (χ0n) is 12.8. The molecule has 0 saturated heterocycles. The molecule has 0 saturated carbocycles. The zero-order chi connectivity index (χ0) is 16.7. The number of thiophene rings is 1. The Bertz CT molecular complexity index is 640. The maximum Gasteiger partial charge on any atom is 0.307 e. The van der Waals surface area contributed by atoms with Crippen molar-refractivity contribution in [3.8, 4) is 0 Å². The molecule has 2 rings (SSSR count). The molecule has 122 valence electrons. The maximum atomic E-state index is 12.6. The summed E-state index contributed by atoms with van der Waals surface area (Å²) in [6.07, 6.45) is 0.179. The first-order valence-corrected chi connectivity index (χ1v) is 8.58. The molecule has 1 aromatic heterocycles. The third-order valence-corrected chi connectivity index (χ3v) is 4.31. The number of benzene rings is 1. The molecule has 6 heteroatoms. The number of hydrogen-bond donors (Lipinski definition) is 0. The van der Waals surface area contributed by atoms with Gasteiger partial charge < -0.3 is 9.64 Å². The van der Waals surface area contributed by atoms with Crippen molar-refractivity contribution in [2.75, 3.05) is 13.2 Å². The number of esters is 1. The van der Waals surface area contributed by atoms with Crippen LogP contribution in [0.25, 0.3) is 0 Å². The Morgan fingerprint density at radius 2 is 1.96 bits per heavy atom. The van der Waals surface area contributed by atoms with E-state index in [4.69, 9.17) is 16.3 Å². The lowest BCUT2D eigenvalue weighted by Crippen LogP contribution is -2.32. The summed E-state index contributed by atoms with van der Waals surface area (Å²) in [6, 6.07) is 10.9. The van der Waals surface area contributed by atoms with Gasteiger partial charge in [0.15, 0.2) is 0 Å². The number of carbonyl (C=O) groups excluding carboxylic acids is 2. The van der Waals surface area contributed by atoms with Crippen molar-refractivity contribution in [1.29, 1.82) is 0 Å². The molecule has 0 N–H and O–H groups in total. The van der Waals surface area contributed by atoms with E-state index in [9.17, 15) is 9.59 Å². The predicted molar refractivity (Wildman–Crippen MR) is 91.8 cm³/mol. The fourth-order valence-electron chi connectivity index (χ4n) is 2.08. The monoisotopic (exact) mass is 351 g/mol. The number of carbonyl (C=O) groups is 2. The quantitative estimate of drug-likeness (QED) is 0.708. The maximum absolute atomic E-state index is 12.6. The standard InChI is InChI=1S/C17H18ClNO3S/c1-2-22-16(20)9-10-19(17(21)15-4-3-11-23-15)12-13-5-7-14(18)8-6-13/h3-8,11H,2,9-10,12H2,1H3. The number of ether oxygens (including phenoxy) is 1. The van der Waals surface area contributed by atoms with Crippen molar-refractivity contribution in [1.82, 2.24) is 4.90 Å². The van der Waals surface area contributed by atoms with E-state index in [1.165, 1.54) is 11.3 Å². The highest BCUT2D eigenvalue weighted by atomic mass is 35.5. The Morgan fingerprint density at radius 1 is 1.22 bits per heavy atom. The van der Waals surface area contributed by atoms with Gasteiger partial charge in [-0.05, 0) is 36.1 Å². The van der Waals surface area contributed by atoms with Gasteiger partial charge in [0.25, 0.3) is 5.91 Å². The van der Waals surface area contributed by atoms with Crippen LogP contribution in [0.1, 0.15) is 28.6 Å². The third kappa shape index (κ3) is 5.37. The average Bonchev–Trinajstić information content (AvgIpc) is 3.07. The molecule has 1 aromatic carbocycles. The molecule has 23 heavy (non-hydrogen) atoms. The van der Waals surface area contributed by atoms with Gasteiger partial charge in [0, 0.05) is 18.1 Å². The summed E-state index contributed by atoms with van der Waals surface area (Å²) in [7, 11) is 0. The van der Waals surface area contributed by atoms with Gasteiger partial charge in [0.1, 0.15) is 0 Å². The second-order valence-electron chi connectivity index (χ2n) is 4.89. The summed E-state index contributed by atoms with van der Waals surface area (Å²) < 4.78 is 4.94. The van der Waals surface area contributed by atoms with E-state index in [1.807, 2.05) is 23.6 Å². The molecule has 0 radical (unpaired) electrons. The third-order valence-electron chi connectivity index (χ3n) is 3.20. The number of halogens is 1. The van der Waals surface area contributed by atoms with Crippen LogP contribution in [0.4, 0.5) is 0 Å². The van der Waals surface area contributed by atoms with Gasteiger partial charge in [-0.25, -0.2) is 0 Å². The molecule has 0 spiro atoms. The fourth-order valence-corrected chi connectivity index (χ4v) is 2.89. The van der Waals surface area contributed by atoms with Crippen molar-refractivity contribution < 1.29 is 14.3 Å². The van der Waals surface area contributed by atoms with Crippen molar-refractivity contribution in [2.24, 2.45) is 0 Å². The summed E-state index contributed by atoms with van der Waals surface area (Å²) in [6.45, 7) is 2.85. The average molecular weight is 352 g/mol. The van der Waals surface area contributed by atoms with E-state index >= 15 is 0 Å². The number of nitrogens with zero attached hydrogens (tertiary/aromatic N) is 1. The van der Waals surface area contributed by atoms with Crippen molar-refractivity contribution in [2.45, 2.75) is 19.9 Å².